The quantitative estimate of drug-likeness (QED) is 0.751. The molecule has 2 aliphatic rings. The first-order valence-corrected chi connectivity index (χ1v) is 5.52. The summed E-state index contributed by atoms with van der Waals surface area (Å²) in [4.78, 5) is 11.7. The van der Waals surface area contributed by atoms with Crippen molar-refractivity contribution in [2.75, 3.05) is 6.61 Å². The molecule has 2 rings (SSSR count). The Balaban J connectivity index is 1.86. The van der Waals surface area contributed by atoms with Gasteiger partial charge in [-0.1, -0.05) is 0 Å². The average molecular weight is 208 g/mol. The number of hydrogen-bond acceptors (Lipinski definition) is 3. The van der Waals surface area contributed by atoms with Crippen molar-refractivity contribution in [3.05, 3.63) is 0 Å². The van der Waals surface area contributed by atoms with Gasteiger partial charge >= 0.3 is 0 Å². The van der Waals surface area contributed by atoms with Crippen LogP contribution in [0.5, 0.6) is 0 Å². The Morgan fingerprint density at radius 1 is 1.67 bits per heavy atom. The highest BCUT2D eigenvalue weighted by atomic mass is 16.5. The number of hydrogen-bond donors (Lipinski definition) is 1. The molecular weight excluding hydrogens is 192 g/mol. The number of rotatable bonds is 3. The molecule has 0 aromatic rings. The molecule has 4 heteroatoms. The Labute approximate surface area is 89.6 Å². The summed E-state index contributed by atoms with van der Waals surface area (Å²) in [6.45, 7) is 2.73. The van der Waals surface area contributed by atoms with Crippen molar-refractivity contribution in [1.82, 2.24) is 5.32 Å². The van der Waals surface area contributed by atoms with Crippen LogP contribution in [0.25, 0.3) is 0 Å². The van der Waals surface area contributed by atoms with E-state index in [0.29, 0.717) is 12.8 Å². The molecule has 1 amide bonds. The summed E-state index contributed by atoms with van der Waals surface area (Å²) >= 11 is 0. The number of amides is 1. The summed E-state index contributed by atoms with van der Waals surface area (Å²) in [5.74, 6) is -0.118. The van der Waals surface area contributed by atoms with E-state index in [1.54, 1.807) is 0 Å². The second-order valence-corrected chi connectivity index (χ2v) is 4.51. The minimum atomic E-state index is -0.715. The summed E-state index contributed by atoms with van der Waals surface area (Å²) in [5, 5.41) is 11.8. The molecule has 1 aliphatic carbocycles. The van der Waals surface area contributed by atoms with Gasteiger partial charge in [0.05, 0.1) is 18.2 Å². The predicted octanol–water partition coefficient (Wildman–Crippen LogP) is 0.974. The van der Waals surface area contributed by atoms with Crippen molar-refractivity contribution < 1.29 is 9.53 Å². The zero-order valence-corrected chi connectivity index (χ0v) is 8.95. The van der Waals surface area contributed by atoms with Crippen molar-refractivity contribution in [3.63, 3.8) is 0 Å². The number of carbonyl (C=O) groups is 1. The molecule has 82 valence electrons. The molecule has 0 spiro atoms. The average Bonchev–Trinajstić information content (AvgIpc) is 2.84. The summed E-state index contributed by atoms with van der Waals surface area (Å²) in [6, 6.07) is 2.11. The fraction of sp³-hybridized carbons (Fsp3) is 0.818. The molecule has 1 heterocycles. The lowest BCUT2D eigenvalue weighted by atomic mass is 10.1. The van der Waals surface area contributed by atoms with Crippen molar-refractivity contribution in [3.8, 4) is 6.07 Å². The highest BCUT2D eigenvalue weighted by Gasteiger charge is 2.51. The fourth-order valence-corrected chi connectivity index (χ4v) is 1.95. The summed E-state index contributed by atoms with van der Waals surface area (Å²) < 4.78 is 5.48. The SMILES string of the molecule is CC(NC(=O)C1(C#N)CC1)C1CCCO1. The smallest absolute Gasteiger partial charge is 0.240 e. The molecule has 1 saturated heterocycles. The first-order chi connectivity index (χ1) is 7.18. The van der Waals surface area contributed by atoms with Crippen LogP contribution in [0, 0.1) is 16.7 Å². The van der Waals surface area contributed by atoms with Crippen molar-refractivity contribution in [2.45, 2.75) is 44.8 Å². The summed E-state index contributed by atoms with van der Waals surface area (Å²) in [5.41, 5.74) is -0.715. The van der Waals surface area contributed by atoms with E-state index in [2.05, 4.69) is 11.4 Å². The minimum Gasteiger partial charge on any atom is -0.376 e. The second-order valence-electron chi connectivity index (χ2n) is 4.51. The lowest BCUT2D eigenvalue weighted by Crippen LogP contribution is -2.44. The Morgan fingerprint density at radius 3 is 2.87 bits per heavy atom. The van der Waals surface area contributed by atoms with Gasteiger partial charge in [-0.05, 0) is 32.6 Å². The van der Waals surface area contributed by atoms with Crippen molar-refractivity contribution in [1.29, 1.82) is 5.26 Å². The van der Waals surface area contributed by atoms with Gasteiger partial charge in [0, 0.05) is 6.61 Å². The number of nitrogens with one attached hydrogen (secondary N) is 1. The Morgan fingerprint density at radius 2 is 2.40 bits per heavy atom. The molecule has 2 unspecified atom stereocenters. The van der Waals surface area contributed by atoms with Gasteiger partial charge in [0.15, 0.2) is 0 Å². The third-order valence-electron chi connectivity index (χ3n) is 3.28. The van der Waals surface area contributed by atoms with E-state index in [4.69, 9.17) is 10.00 Å². The van der Waals surface area contributed by atoms with Crippen LogP contribution in [0.1, 0.15) is 32.6 Å². The monoisotopic (exact) mass is 208 g/mol. The van der Waals surface area contributed by atoms with Gasteiger partial charge in [-0.15, -0.1) is 0 Å². The molecule has 2 fully saturated rings. The van der Waals surface area contributed by atoms with Gasteiger partial charge in [-0.3, -0.25) is 4.79 Å². The topological polar surface area (TPSA) is 62.1 Å². The molecule has 2 atom stereocenters. The molecule has 0 aromatic heterocycles. The largest absolute Gasteiger partial charge is 0.376 e. The highest BCUT2D eigenvalue weighted by molar-refractivity contribution is 5.88. The van der Waals surface area contributed by atoms with Gasteiger partial charge in [0.25, 0.3) is 0 Å². The first kappa shape index (κ1) is 10.4. The molecule has 1 aliphatic heterocycles. The van der Waals surface area contributed by atoms with Crippen LogP contribution < -0.4 is 5.32 Å². The van der Waals surface area contributed by atoms with E-state index < -0.39 is 5.41 Å². The fourth-order valence-electron chi connectivity index (χ4n) is 1.95. The van der Waals surface area contributed by atoms with Gasteiger partial charge in [-0.2, -0.15) is 5.26 Å². The maximum absolute atomic E-state index is 11.7. The Hall–Kier alpha value is -1.08. The van der Waals surface area contributed by atoms with Gasteiger partial charge in [0.1, 0.15) is 5.41 Å². The van der Waals surface area contributed by atoms with Crippen LogP contribution in [-0.2, 0) is 9.53 Å². The predicted molar refractivity (Wildman–Crippen MR) is 53.9 cm³/mol. The zero-order chi connectivity index (χ0) is 10.9. The van der Waals surface area contributed by atoms with Crippen LogP contribution in [0.4, 0.5) is 0 Å². The van der Waals surface area contributed by atoms with Gasteiger partial charge in [0.2, 0.25) is 5.91 Å². The van der Waals surface area contributed by atoms with E-state index in [9.17, 15) is 4.79 Å². The molecule has 15 heavy (non-hydrogen) atoms. The zero-order valence-electron chi connectivity index (χ0n) is 8.95. The van der Waals surface area contributed by atoms with Crippen molar-refractivity contribution in [2.24, 2.45) is 5.41 Å². The summed E-state index contributed by atoms with van der Waals surface area (Å²) in [6.07, 6.45) is 3.60. The standard InChI is InChI=1S/C11H16N2O2/c1-8(9-3-2-6-15-9)13-10(14)11(7-12)4-5-11/h8-9H,2-6H2,1H3,(H,13,14). The number of carbonyl (C=O) groups excluding carboxylic acids is 1. The number of ether oxygens (including phenoxy) is 1. The molecule has 4 nitrogen and oxygen atoms in total. The van der Waals surface area contributed by atoms with E-state index in [0.717, 1.165) is 19.4 Å². The van der Waals surface area contributed by atoms with Crippen LogP contribution in [0.2, 0.25) is 0 Å². The van der Waals surface area contributed by atoms with Gasteiger partial charge in [-0.25, -0.2) is 0 Å². The maximum atomic E-state index is 11.7. The maximum Gasteiger partial charge on any atom is 0.240 e. The van der Waals surface area contributed by atoms with Crippen LogP contribution in [0.3, 0.4) is 0 Å². The highest BCUT2D eigenvalue weighted by Crippen LogP contribution is 2.45. The lowest BCUT2D eigenvalue weighted by molar-refractivity contribution is -0.125. The van der Waals surface area contributed by atoms with E-state index in [-0.39, 0.29) is 18.1 Å². The normalized spacial score (nSPS) is 29.2. The van der Waals surface area contributed by atoms with E-state index >= 15 is 0 Å². The Kier molecular flexibility index (Phi) is 2.66. The molecule has 1 saturated carbocycles. The third-order valence-corrected chi connectivity index (χ3v) is 3.28. The van der Waals surface area contributed by atoms with E-state index in [1.165, 1.54) is 0 Å². The second kappa shape index (κ2) is 3.82. The molecule has 1 N–H and O–H groups in total. The van der Waals surface area contributed by atoms with Crippen LogP contribution in [-0.4, -0.2) is 24.7 Å². The number of nitriles is 1. The minimum absolute atomic E-state index is 0.0193. The molecule has 0 radical (unpaired) electrons. The summed E-state index contributed by atoms with van der Waals surface area (Å²) in [7, 11) is 0. The van der Waals surface area contributed by atoms with Gasteiger partial charge < -0.3 is 10.1 Å². The first-order valence-electron chi connectivity index (χ1n) is 5.52. The van der Waals surface area contributed by atoms with Crippen LogP contribution >= 0.6 is 0 Å². The molecule has 0 bridgehead atoms. The van der Waals surface area contributed by atoms with Crippen LogP contribution in [0.15, 0.2) is 0 Å². The number of nitrogens with zero attached hydrogens (tertiary/aromatic N) is 1. The third kappa shape index (κ3) is 1.98. The Bertz CT molecular complexity index is 298. The van der Waals surface area contributed by atoms with Crippen molar-refractivity contribution >= 4 is 5.91 Å². The molecule has 0 aromatic carbocycles. The lowest BCUT2D eigenvalue weighted by Gasteiger charge is -2.21. The molecular formula is C11H16N2O2. The van der Waals surface area contributed by atoms with E-state index in [1.807, 2.05) is 6.92 Å².